The summed E-state index contributed by atoms with van der Waals surface area (Å²) in [5.41, 5.74) is 5.46. The Kier molecular flexibility index (Phi) is 4.13. The highest BCUT2D eigenvalue weighted by Gasteiger charge is 2.09. The lowest BCUT2D eigenvalue weighted by Crippen LogP contribution is -1.99. The van der Waals surface area contributed by atoms with E-state index in [1.54, 1.807) is 12.1 Å². The van der Waals surface area contributed by atoms with Gasteiger partial charge in [-0.25, -0.2) is 5.43 Å². The number of fused-ring (bicyclic) bond motifs is 3. The number of hydrazone groups is 1. The molecule has 0 aliphatic carbocycles. The fourth-order valence-electron chi connectivity index (χ4n) is 2.51. The van der Waals surface area contributed by atoms with Gasteiger partial charge >= 0.3 is 0 Å². The number of phenolic OH excluding ortho intramolecular Hbond substituents is 1. The number of aromatic hydroxyl groups is 1. The van der Waals surface area contributed by atoms with Crippen LogP contribution in [0.3, 0.4) is 0 Å². The number of methoxy groups -OCH3 is 1. The maximum Gasteiger partial charge on any atom is 0.265 e. The number of H-pyrrole nitrogens is 1. The molecule has 0 bridgehead atoms. The van der Waals surface area contributed by atoms with E-state index < -0.39 is 0 Å². The van der Waals surface area contributed by atoms with Crippen molar-refractivity contribution >= 4 is 50.2 Å². The first kappa shape index (κ1) is 16.3. The van der Waals surface area contributed by atoms with Crippen LogP contribution in [-0.4, -0.2) is 38.6 Å². The molecule has 130 valence electrons. The molecule has 0 amide bonds. The summed E-state index contributed by atoms with van der Waals surface area (Å²) in [4.78, 5) is 7.57. The van der Waals surface area contributed by atoms with Crippen LogP contribution in [-0.2, 0) is 0 Å². The Labute approximate surface area is 156 Å². The second-order valence-corrected chi connectivity index (χ2v) is 6.36. The van der Waals surface area contributed by atoms with Crippen molar-refractivity contribution in [1.82, 2.24) is 20.2 Å². The molecule has 2 heterocycles. The zero-order valence-corrected chi connectivity index (χ0v) is 15.1. The number of aromatic amines is 1. The SMILES string of the molecule is COc1ccc(/C=N/Nc2nnc3c(n2)[nH]c2ccc(Br)cc23)c(O)c1. The quantitative estimate of drug-likeness (QED) is 0.350. The van der Waals surface area contributed by atoms with Crippen molar-refractivity contribution in [2.24, 2.45) is 5.10 Å². The molecule has 0 radical (unpaired) electrons. The number of ether oxygens (including phenoxy) is 1. The van der Waals surface area contributed by atoms with Crippen molar-refractivity contribution in [1.29, 1.82) is 0 Å². The lowest BCUT2D eigenvalue weighted by molar-refractivity contribution is 0.407. The molecule has 2 aromatic heterocycles. The van der Waals surface area contributed by atoms with Gasteiger partial charge in [-0.2, -0.15) is 10.1 Å². The van der Waals surface area contributed by atoms with Crippen molar-refractivity contribution in [2.45, 2.75) is 0 Å². The van der Waals surface area contributed by atoms with E-state index in [0.29, 0.717) is 22.5 Å². The van der Waals surface area contributed by atoms with Gasteiger partial charge in [0, 0.05) is 27.0 Å². The van der Waals surface area contributed by atoms with E-state index in [-0.39, 0.29) is 11.7 Å². The van der Waals surface area contributed by atoms with Crippen LogP contribution < -0.4 is 10.2 Å². The Bertz CT molecular complexity index is 1140. The van der Waals surface area contributed by atoms with Crippen molar-refractivity contribution in [3.63, 3.8) is 0 Å². The van der Waals surface area contributed by atoms with E-state index in [1.807, 2.05) is 18.2 Å². The van der Waals surface area contributed by atoms with Gasteiger partial charge in [0.05, 0.1) is 13.3 Å². The van der Waals surface area contributed by atoms with E-state index in [9.17, 15) is 5.11 Å². The topological polar surface area (TPSA) is 108 Å². The molecule has 3 N–H and O–H groups in total. The highest BCUT2D eigenvalue weighted by molar-refractivity contribution is 9.10. The highest BCUT2D eigenvalue weighted by Crippen LogP contribution is 2.25. The fourth-order valence-corrected chi connectivity index (χ4v) is 2.87. The summed E-state index contributed by atoms with van der Waals surface area (Å²) < 4.78 is 6.00. The molecule has 0 aliphatic rings. The molecule has 0 spiro atoms. The summed E-state index contributed by atoms with van der Waals surface area (Å²) in [6.07, 6.45) is 1.46. The van der Waals surface area contributed by atoms with Gasteiger partial charge in [-0.15, -0.1) is 10.2 Å². The van der Waals surface area contributed by atoms with Gasteiger partial charge in [-0.3, -0.25) is 0 Å². The smallest absolute Gasteiger partial charge is 0.265 e. The number of phenols is 1. The third-order valence-corrected chi connectivity index (χ3v) is 4.28. The Balaban J connectivity index is 1.58. The van der Waals surface area contributed by atoms with Crippen LogP contribution >= 0.6 is 15.9 Å². The second-order valence-electron chi connectivity index (χ2n) is 5.44. The molecule has 0 saturated heterocycles. The van der Waals surface area contributed by atoms with Crippen molar-refractivity contribution < 1.29 is 9.84 Å². The van der Waals surface area contributed by atoms with Gasteiger partial charge in [0.25, 0.3) is 5.95 Å². The van der Waals surface area contributed by atoms with Gasteiger partial charge in [-0.1, -0.05) is 15.9 Å². The van der Waals surface area contributed by atoms with Gasteiger partial charge in [0.15, 0.2) is 5.65 Å². The number of halogens is 1. The number of nitrogens with one attached hydrogen (secondary N) is 2. The predicted octanol–water partition coefficient (Wildman–Crippen LogP) is 3.43. The Morgan fingerprint density at radius 2 is 2.12 bits per heavy atom. The van der Waals surface area contributed by atoms with E-state index in [4.69, 9.17) is 4.74 Å². The van der Waals surface area contributed by atoms with Gasteiger partial charge < -0.3 is 14.8 Å². The molecule has 4 aromatic rings. The molecule has 0 saturated carbocycles. The summed E-state index contributed by atoms with van der Waals surface area (Å²) in [5.74, 6) is 0.869. The fraction of sp³-hybridized carbons (Fsp3) is 0.0588. The first-order valence-electron chi connectivity index (χ1n) is 7.62. The van der Waals surface area contributed by atoms with Gasteiger partial charge in [-0.05, 0) is 30.3 Å². The van der Waals surface area contributed by atoms with Crippen LogP contribution in [0.25, 0.3) is 22.1 Å². The van der Waals surface area contributed by atoms with E-state index in [0.717, 1.165) is 15.4 Å². The lowest BCUT2D eigenvalue weighted by atomic mass is 10.2. The van der Waals surface area contributed by atoms with Crippen molar-refractivity contribution in [2.75, 3.05) is 12.5 Å². The molecule has 2 aromatic carbocycles. The maximum atomic E-state index is 9.91. The number of benzene rings is 2. The molecule has 4 rings (SSSR count). The largest absolute Gasteiger partial charge is 0.507 e. The first-order valence-corrected chi connectivity index (χ1v) is 8.41. The minimum atomic E-state index is 0.0607. The van der Waals surface area contributed by atoms with Crippen molar-refractivity contribution in [3.8, 4) is 11.5 Å². The summed E-state index contributed by atoms with van der Waals surface area (Å²) >= 11 is 3.45. The van der Waals surface area contributed by atoms with Gasteiger partial charge in [0.2, 0.25) is 0 Å². The molecule has 0 aliphatic heterocycles. The molecule has 26 heavy (non-hydrogen) atoms. The number of rotatable bonds is 4. The zero-order chi connectivity index (χ0) is 18.1. The number of hydrogen-bond acceptors (Lipinski definition) is 7. The zero-order valence-electron chi connectivity index (χ0n) is 13.6. The Morgan fingerprint density at radius 3 is 2.92 bits per heavy atom. The highest BCUT2D eigenvalue weighted by atomic mass is 79.9. The first-order chi connectivity index (χ1) is 12.6. The molecule has 8 nitrogen and oxygen atoms in total. The van der Waals surface area contributed by atoms with Crippen LogP contribution in [0.1, 0.15) is 5.56 Å². The molecular weight excluding hydrogens is 400 g/mol. The normalized spacial score (nSPS) is 11.5. The molecular formula is C17H13BrN6O2. The Morgan fingerprint density at radius 1 is 1.23 bits per heavy atom. The maximum absolute atomic E-state index is 9.91. The summed E-state index contributed by atoms with van der Waals surface area (Å²) in [6.45, 7) is 0. The second kappa shape index (κ2) is 6.60. The summed E-state index contributed by atoms with van der Waals surface area (Å²) in [5, 5.41) is 23.1. The van der Waals surface area contributed by atoms with E-state index in [1.165, 1.54) is 19.4 Å². The number of nitrogens with zero attached hydrogens (tertiary/aromatic N) is 4. The average molecular weight is 413 g/mol. The summed E-state index contributed by atoms with van der Waals surface area (Å²) in [7, 11) is 1.54. The standard InChI is InChI=1S/C17H13BrN6O2/c1-26-11-4-2-9(14(25)7-11)8-19-23-17-21-16-15(22-24-17)12-6-10(18)3-5-13(12)20-16/h2-8,25H,1H3,(H2,20,21,23,24)/b19-8+. The number of anilines is 1. The molecule has 0 unspecified atom stereocenters. The van der Waals surface area contributed by atoms with Crippen LogP contribution in [0.5, 0.6) is 11.5 Å². The molecule has 0 fully saturated rings. The Hall–Kier alpha value is -3.20. The molecule has 9 heteroatoms. The predicted molar refractivity (Wildman–Crippen MR) is 103 cm³/mol. The van der Waals surface area contributed by atoms with Crippen molar-refractivity contribution in [3.05, 3.63) is 46.4 Å². The van der Waals surface area contributed by atoms with Crippen LogP contribution in [0.4, 0.5) is 5.95 Å². The minimum absolute atomic E-state index is 0.0607. The van der Waals surface area contributed by atoms with Gasteiger partial charge in [0.1, 0.15) is 17.0 Å². The third-order valence-electron chi connectivity index (χ3n) is 3.78. The average Bonchev–Trinajstić information content (AvgIpc) is 3.00. The summed E-state index contributed by atoms with van der Waals surface area (Å²) in [6, 6.07) is 10.8. The van der Waals surface area contributed by atoms with Crippen LogP contribution in [0, 0.1) is 0 Å². The molecule has 0 atom stereocenters. The third kappa shape index (κ3) is 3.04. The lowest BCUT2D eigenvalue weighted by Gasteiger charge is -2.02. The van der Waals surface area contributed by atoms with E-state index >= 15 is 0 Å². The number of hydrogen-bond donors (Lipinski definition) is 3. The number of aromatic nitrogens is 4. The van der Waals surface area contributed by atoms with Crippen LogP contribution in [0.2, 0.25) is 0 Å². The van der Waals surface area contributed by atoms with E-state index in [2.05, 4.69) is 46.6 Å². The minimum Gasteiger partial charge on any atom is -0.507 e. The monoisotopic (exact) mass is 412 g/mol. The van der Waals surface area contributed by atoms with Crippen LogP contribution in [0.15, 0.2) is 46.0 Å².